The van der Waals surface area contributed by atoms with Crippen molar-refractivity contribution in [3.63, 3.8) is 0 Å². The molecule has 9 heteroatoms. The van der Waals surface area contributed by atoms with E-state index in [2.05, 4.69) is 15.6 Å². The van der Waals surface area contributed by atoms with Crippen LogP contribution in [0.25, 0.3) is 0 Å². The van der Waals surface area contributed by atoms with Crippen molar-refractivity contribution in [1.82, 2.24) is 15.6 Å². The summed E-state index contributed by atoms with van der Waals surface area (Å²) in [5.74, 6) is 0. The summed E-state index contributed by atoms with van der Waals surface area (Å²) in [5, 5.41) is 14.2. The van der Waals surface area contributed by atoms with E-state index in [1.54, 1.807) is 0 Å². The highest BCUT2D eigenvalue weighted by Crippen LogP contribution is 2.28. The number of nitrogens with one attached hydrogen (secondary N) is 2. The van der Waals surface area contributed by atoms with Crippen LogP contribution in [-0.4, -0.2) is 48.0 Å². The van der Waals surface area contributed by atoms with Crippen LogP contribution in [0, 0.1) is 0 Å². The van der Waals surface area contributed by atoms with E-state index in [9.17, 15) is 18.0 Å². The van der Waals surface area contributed by atoms with Crippen molar-refractivity contribution < 1.29 is 27.8 Å². The Hall–Kier alpha value is -1.87. The van der Waals surface area contributed by atoms with E-state index in [1.807, 2.05) is 0 Å². The van der Waals surface area contributed by atoms with E-state index in [0.717, 1.165) is 31.2 Å². The number of nitrogens with zero attached hydrogens (tertiary/aromatic N) is 1. The van der Waals surface area contributed by atoms with Crippen molar-refractivity contribution in [2.45, 2.75) is 37.6 Å². The third kappa shape index (κ3) is 5.64. The lowest BCUT2D eigenvalue weighted by atomic mass is 10.2. The number of hydrogen-bond acceptors (Lipinski definition) is 4. The average molecular weight is 347 g/mol. The normalized spacial score (nSPS) is 20.8. The highest BCUT2D eigenvalue weighted by molar-refractivity contribution is 5.73. The van der Waals surface area contributed by atoms with Gasteiger partial charge in [-0.05, 0) is 25.0 Å². The summed E-state index contributed by atoms with van der Waals surface area (Å²) < 4.78 is 43.2. The van der Waals surface area contributed by atoms with Gasteiger partial charge in [-0.15, -0.1) is 0 Å². The van der Waals surface area contributed by atoms with E-state index in [1.165, 1.54) is 0 Å². The van der Waals surface area contributed by atoms with E-state index in [0.29, 0.717) is 6.54 Å². The summed E-state index contributed by atoms with van der Waals surface area (Å²) >= 11 is 0. The number of ether oxygens (including phenoxy) is 1. The molecular weight excluding hydrogens is 327 g/mol. The van der Waals surface area contributed by atoms with E-state index >= 15 is 0 Å². The zero-order valence-corrected chi connectivity index (χ0v) is 13.0. The van der Waals surface area contributed by atoms with E-state index in [-0.39, 0.29) is 37.5 Å². The van der Waals surface area contributed by atoms with Gasteiger partial charge in [0.2, 0.25) is 0 Å². The highest BCUT2D eigenvalue weighted by Gasteiger charge is 2.30. The number of carbonyl (C=O) groups excluding carboxylic acids is 1. The SMILES string of the molecule is O=C(NCCc1cc(C(F)(F)F)ccn1)NC[C@H]1CC[C@@H](CO)O1. The number of rotatable bonds is 6. The van der Waals surface area contributed by atoms with Crippen molar-refractivity contribution in [2.24, 2.45) is 0 Å². The maximum absolute atomic E-state index is 12.6. The molecule has 2 amide bonds. The van der Waals surface area contributed by atoms with Gasteiger partial charge in [-0.25, -0.2) is 4.79 Å². The Morgan fingerprint density at radius 3 is 2.75 bits per heavy atom. The molecule has 6 nitrogen and oxygen atoms in total. The molecule has 24 heavy (non-hydrogen) atoms. The molecule has 1 fully saturated rings. The van der Waals surface area contributed by atoms with Crippen LogP contribution in [-0.2, 0) is 17.3 Å². The monoisotopic (exact) mass is 347 g/mol. The number of urea groups is 1. The standard InChI is InChI=1S/C15H20F3N3O3/c16-15(17,18)10-3-5-19-11(7-10)4-6-20-14(23)21-8-12-1-2-13(9-22)24-12/h3,5,7,12-13,22H,1-2,4,6,8-9H2,(H2,20,21,23)/t12-,13+/m1/s1. The minimum Gasteiger partial charge on any atom is -0.394 e. The Morgan fingerprint density at radius 1 is 1.33 bits per heavy atom. The Labute approximate surface area is 137 Å². The van der Waals surface area contributed by atoms with Crippen LogP contribution in [0.1, 0.15) is 24.1 Å². The number of aromatic nitrogens is 1. The Balaban J connectivity index is 1.68. The van der Waals surface area contributed by atoms with E-state index < -0.39 is 17.8 Å². The summed E-state index contributed by atoms with van der Waals surface area (Å²) in [7, 11) is 0. The van der Waals surface area contributed by atoms with Gasteiger partial charge in [-0.3, -0.25) is 4.98 Å². The van der Waals surface area contributed by atoms with Crippen molar-refractivity contribution >= 4 is 6.03 Å². The van der Waals surface area contributed by atoms with Gasteiger partial charge in [0.25, 0.3) is 0 Å². The number of aliphatic hydroxyl groups is 1. The van der Waals surface area contributed by atoms with Crippen LogP contribution in [0.15, 0.2) is 18.3 Å². The molecule has 1 aromatic rings. The number of pyridine rings is 1. The average Bonchev–Trinajstić information content (AvgIpc) is 3.00. The minimum absolute atomic E-state index is 0.0350. The predicted molar refractivity (Wildman–Crippen MR) is 79.3 cm³/mol. The van der Waals surface area contributed by atoms with Crippen molar-refractivity contribution in [2.75, 3.05) is 19.7 Å². The number of halogens is 3. The second-order valence-electron chi connectivity index (χ2n) is 5.56. The van der Waals surface area contributed by atoms with Gasteiger partial charge >= 0.3 is 12.2 Å². The highest BCUT2D eigenvalue weighted by atomic mass is 19.4. The molecule has 0 saturated carbocycles. The fourth-order valence-corrected chi connectivity index (χ4v) is 2.43. The van der Waals surface area contributed by atoms with Gasteiger partial charge in [-0.1, -0.05) is 0 Å². The molecule has 0 aromatic carbocycles. The lowest BCUT2D eigenvalue weighted by molar-refractivity contribution is -0.137. The van der Waals surface area contributed by atoms with Crippen LogP contribution < -0.4 is 10.6 Å². The summed E-state index contributed by atoms with van der Waals surface area (Å²) in [6.07, 6.45) is -1.89. The van der Waals surface area contributed by atoms with Crippen LogP contribution >= 0.6 is 0 Å². The lowest BCUT2D eigenvalue weighted by Crippen LogP contribution is -2.40. The molecule has 0 radical (unpaired) electrons. The zero-order chi connectivity index (χ0) is 17.6. The molecule has 0 bridgehead atoms. The number of hydrogen-bond donors (Lipinski definition) is 3. The van der Waals surface area contributed by atoms with Crippen LogP contribution in [0.4, 0.5) is 18.0 Å². The van der Waals surface area contributed by atoms with E-state index in [4.69, 9.17) is 9.84 Å². The van der Waals surface area contributed by atoms with Crippen molar-refractivity contribution in [3.05, 3.63) is 29.6 Å². The lowest BCUT2D eigenvalue weighted by Gasteiger charge is -2.13. The molecule has 0 aliphatic carbocycles. The fourth-order valence-electron chi connectivity index (χ4n) is 2.43. The molecule has 1 saturated heterocycles. The molecule has 134 valence electrons. The molecular formula is C15H20F3N3O3. The first-order chi connectivity index (χ1) is 11.4. The van der Waals surface area contributed by atoms with Gasteiger partial charge in [0.1, 0.15) is 0 Å². The summed E-state index contributed by atoms with van der Waals surface area (Å²) in [6, 6.07) is 1.46. The minimum atomic E-state index is -4.41. The first-order valence-corrected chi connectivity index (χ1v) is 7.68. The topological polar surface area (TPSA) is 83.5 Å². The third-order valence-corrected chi connectivity index (χ3v) is 3.70. The van der Waals surface area contributed by atoms with Crippen molar-refractivity contribution in [3.8, 4) is 0 Å². The first-order valence-electron chi connectivity index (χ1n) is 7.68. The first kappa shape index (κ1) is 18.5. The smallest absolute Gasteiger partial charge is 0.394 e. The zero-order valence-electron chi connectivity index (χ0n) is 13.0. The van der Waals surface area contributed by atoms with Crippen LogP contribution in [0.3, 0.4) is 0 Å². The largest absolute Gasteiger partial charge is 0.416 e. The Morgan fingerprint density at radius 2 is 2.08 bits per heavy atom. The fraction of sp³-hybridized carbons (Fsp3) is 0.600. The number of aliphatic hydroxyl groups excluding tert-OH is 1. The van der Waals surface area contributed by atoms with Crippen molar-refractivity contribution in [1.29, 1.82) is 0 Å². The molecule has 3 N–H and O–H groups in total. The molecule has 2 heterocycles. The van der Waals surface area contributed by atoms with Gasteiger partial charge in [-0.2, -0.15) is 13.2 Å². The third-order valence-electron chi connectivity index (χ3n) is 3.70. The molecule has 2 atom stereocenters. The maximum Gasteiger partial charge on any atom is 0.416 e. The summed E-state index contributed by atoms with van der Waals surface area (Å²) in [6.45, 7) is 0.460. The van der Waals surface area contributed by atoms with Gasteiger partial charge in [0.15, 0.2) is 0 Å². The molecule has 0 spiro atoms. The molecule has 1 aromatic heterocycles. The molecule has 1 aliphatic rings. The summed E-state index contributed by atoms with van der Waals surface area (Å²) in [4.78, 5) is 15.5. The number of alkyl halides is 3. The quantitative estimate of drug-likeness (QED) is 0.728. The number of carbonyl (C=O) groups is 1. The van der Waals surface area contributed by atoms with Gasteiger partial charge in [0.05, 0.1) is 24.4 Å². The molecule has 0 unspecified atom stereocenters. The maximum atomic E-state index is 12.6. The predicted octanol–water partition coefficient (Wildman–Crippen LogP) is 1.48. The second kappa shape index (κ2) is 8.29. The van der Waals surface area contributed by atoms with Crippen LogP contribution in [0.5, 0.6) is 0 Å². The van der Waals surface area contributed by atoms with Crippen LogP contribution in [0.2, 0.25) is 0 Å². The molecule has 1 aliphatic heterocycles. The Bertz CT molecular complexity index is 554. The van der Waals surface area contributed by atoms with Gasteiger partial charge in [0, 0.05) is 31.4 Å². The second-order valence-corrected chi connectivity index (χ2v) is 5.56. The molecule has 2 rings (SSSR count). The van der Waals surface area contributed by atoms with Gasteiger partial charge < -0.3 is 20.5 Å². The summed E-state index contributed by atoms with van der Waals surface area (Å²) in [5.41, 5.74) is -0.496. The Kier molecular flexibility index (Phi) is 6.38. The number of amides is 2.